The van der Waals surface area contributed by atoms with Crippen LogP contribution in [0.15, 0.2) is 52.4 Å². The summed E-state index contributed by atoms with van der Waals surface area (Å²) in [5.74, 6) is -0.439. The molecule has 3 aromatic rings. The summed E-state index contributed by atoms with van der Waals surface area (Å²) in [5.41, 5.74) is 1.24. The first kappa shape index (κ1) is 22.2. The summed E-state index contributed by atoms with van der Waals surface area (Å²) in [4.78, 5) is 17.6. The van der Waals surface area contributed by atoms with Gasteiger partial charge in [0.25, 0.3) is 5.91 Å². The van der Waals surface area contributed by atoms with Gasteiger partial charge in [-0.3, -0.25) is 4.79 Å². The lowest BCUT2D eigenvalue weighted by Crippen LogP contribution is -2.48. The van der Waals surface area contributed by atoms with Gasteiger partial charge in [0.15, 0.2) is 4.80 Å². The fraction of sp³-hybridized carbons (Fsp3) is 0.333. The third-order valence-corrected chi connectivity index (χ3v) is 8.27. The predicted molar refractivity (Wildman–Crippen MR) is 121 cm³/mol. The Bertz CT molecular complexity index is 1300. The fourth-order valence-corrected chi connectivity index (χ4v) is 6.49. The normalized spacial score (nSPS) is 21.0. The van der Waals surface area contributed by atoms with Crippen LogP contribution < -0.4 is 4.80 Å². The van der Waals surface area contributed by atoms with Gasteiger partial charge in [0, 0.05) is 30.7 Å². The lowest BCUT2D eigenvalue weighted by molar-refractivity contribution is -0.0440. The lowest BCUT2D eigenvalue weighted by atomic mass is 10.2. The van der Waals surface area contributed by atoms with Crippen molar-refractivity contribution < 1.29 is 17.9 Å². The summed E-state index contributed by atoms with van der Waals surface area (Å²) < 4.78 is 35.7. The van der Waals surface area contributed by atoms with Gasteiger partial charge in [-0.05, 0) is 56.3 Å². The molecule has 0 N–H and O–H groups in total. The van der Waals surface area contributed by atoms with Gasteiger partial charge in [-0.1, -0.05) is 22.9 Å². The molecule has 1 saturated heterocycles. The van der Waals surface area contributed by atoms with Gasteiger partial charge in [-0.15, -0.1) is 0 Å². The maximum Gasteiger partial charge on any atom is 0.279 e. The minimum atomic E-state index is -3.66. The van der Waals surface area contributed by atoms with Gasteiger partial charge < -0.3 is 9.30 Å². The zero-order chi connectivity index (χ0) is 22.3. The van der Waals surface area contributed by atoms with Crippen LogP contribution in [0.3, 0.4) is 0 Å². The van der Waals surface area contributed by atoms with Crippen LogP contribution in [0.4, 0.5) is 0 Å². The number of carbonyl (C=O) groups excluding carboxylic acids is 1. The number of nitrogens with zero attached hydrogens (tertiary/aromatic N) is 3. The molecule has 1 aliphatic rings. The molecule has 1 aromatic heterocycles. The van der Waals surface area contributed by atoms with E-state index in [9.17, 15) is 13.2 Å². The second-order valence-corrected chi connectivity index (χ2v) is 11.0. The highest BCUT2D eigenvalue weighted by Gasteiger charge is 2.32. The maximum absolute atomic E-state index is 13.0. The Morgan fingerprint density at radius 1 is 1.13 bits per heavy atom. The molecule has 2 heterocycles. The number of halogens is 1. The number of hydrogen-bond donors (Lipinski definition) is 0. The number of thiazole rings is 1. The molecule has 0 unspecified atom stereocenters. The second-order valence-electron chi connectivity index (χ2n) is 7.58. The van der Waals surface area contributed by atoms with Crippen LogP contribution in [0, 0.1) is 0 Å². The topological polar surface area (TPSA) is 81.0 Å². The van der Waals surface area contributed by atoms with Crippen molar-refractivity contribution in [1.82, 2.24) is 8.87 Å². The highest BCUT2D eigenvalue weighted by Crippen LogP contribution is 2.23. The molecule has 164 valence electrons. The Balaban J connectivity index is 1.60. The first-order valence-electron chi connectivity index (χ1n) is 9.75. The van der Waals surface area contributed by atoms with E-state index in [4.69, 9.17) is 16.3 Å². The largest absolute Gasteiger partial charge is 0.373 e. The van der Waals surface area contributed by atoms with Crippen LogP contribution in [0.1, 0.15) is 24.2 Å². The molecule has 0 spiro atoms. The second kappa shape index (κ2) is 8.48. The molecule has 1 aliphatic heterocycles. The number of aryl methyl sites for hydroxylation is 1. The van der Waals surface area contributed by atoms with E-state index in [-0.39, 0.29) is 17.1 Å². The molecular weight excluding hydrogens is 458 g/mol. The average molecular weight is 480 g/mol. The predicted octanol–water partition coefficient (Wildman–Crippen LogP) is 3.43. The van der Waals surface area contributed by atoms with Crippen LogP contribution in [-0.2, 0) is 21.8 Å². The molecule has 4 rings (SSSR count). The van der Waals surface area contributed by atoms with Gasteiger partial charge >= 0.3 is 0 Å². The number of amides is 1. The molecule has 0 aliphatic carbocycles. The van der Waals surface area contributed by atoms with E-state index < -0.39 is 15.9 Å². The first-order valence-corrected chi connectivity index (χ1v) is 12.4. The molecule has 1 amide bonds. The van der Waals surface area contributed by atoms with Crippen LogP contribution in [0.5, 0.6) is 0 Å². The summed E-state index contributed by atoms with van der Waals surface area (Å²) in [6, 6.07) is 11.4. The van der Waals surface area contributed by atoms with E-state index in [1.54, 1.807) is 6.07 Å². The molecule has 31 heavy (non-hydrogen) atoms. The molecule has 10 heteroatoms. The number of rotatable bonds is 3. The number of hydrogen-bond acceptors (Lipinski definition) is 5. The first-order chi connectivity index (χ1) is 14.6. The zero-order valence-electron chi connectivity index (χ0n) is 17.3. The molecule has 1 fully saturated rings. The summed E-state index contributed by atoms with van der Waals surface area (Å²) in [6.45, 7) is 4.30. The van der Waals surface area contributed by atoms with E-state index >= 15 is 0 Å². The van der Waals surface area contributed by atoms with Crippen molar-refractivity contribution in [3.05, 3.63) is 57.9 Å². The third kappa shape index (κ3) is 4.47. The van der Waals surface area contributed by atoms with Gasteiger partial charge in [-0.25, -0.2) is 8.42 Å². The van der Waals surface area contributed by atoms with Gasteiger partial charge in [0.05, 0.1) is 27.3 Å². The monoisotopic (exact) mass is 479 g/mol. The fourth-order valence-electron chi connectivity index (χ4n) is 3.61. The highest BCUT2D eigenvalue weighted by atomic mass is 35.5. The summed E-state index contributed by atoms with van der Waals surface area (Å²) >= 11 is 7.41. The number of ether oxygens (including phenoxy) is 1. The van der Waals surface area contributed by atoms with Crippen molar-refractivity contribution in [3.8, 4) is 0 Å². The van der Waals surface area contributed by atoms with E-state index in [2.05, 4.69) is 4.99 Å². The molecule has 0 saturated carbocycles. The average Bonchev–Trinajstić information content (AvgIpc) is 3.01. The van der Waals surface area contributed by atoms with E-state index in [0.29, 0.717) is 28.5 Å². The standard InChI is InChI=1S/C21H22ClN3O4S2/c1-13-11-25(12-14(2)29-13)31(27,28)17-7-4-15(5-8-17)20(26)23-21-24(3)18-9-6-16(22)10-19(18)30-21/h4-10,13-14H,11-12H2,1-3H3/t13-,14+. The maximum atomic E-state index is 13.0. The Hall–Kier alpha value is -2.04. The Labute approximate surface area is 189 Å². The highest BCUT2D eigenvalue weighted by molar-refractivity contribution is 7.89. The number of benzene rings is 2. The minimum Gasteiger partial charge on any atom is -0.373 e. The zero-order valence-corrected chi connectivity index (χ0v) is 19.7. The van der Waals surface area contributed by atoms with E-state index in [1.165, 1.54) is 39.9 Å². The molecule has 2 aromatic carbocycles. The lowest BCUT2D eigenvalue weighted by Gasteiger charge is -2.34. The SMILES string of the molecule is C[C@@H]1CN(S(=O)(=O)c2ccc(C(=O)N=c3sc4cc(Cl)ccc4n3C)cc2)C[C@H](C)O1. The van der Waals surface area contributed by atoms with Crippen molar-refractivity contribution in [2.75, 3.05) is 13.1 Å². The van der Waals surface area contributed by atoms with Crippen molar-refractivity contribution in [2.45, 2.75) is 31.0 Å². The van der Waals surface area contributed by atoms with Gasteiger partial charge in [0.1, 0.15) is 0 Å². The van der Waals surface area contributed by atoms with Crippen molar-refractivity contribution >= 4 is 49.1 Å². The number of aromatic nitrogens is 1. The molecule has 0 bridgehead atoms. The third-order valence-electron chi connectivity index (χ3n) is 5.09. The molecule has 0 radical (unpaired) electrons. The van der Waals surface area contributed by atoms with Crippen molar-refractivity contribution in [2.24, 2.45) is 12.0 Å². The Kier molecular flexibility index (Phi) is 6.06. The van der Waals surface area contributed by atoms with Crippen LogP contribution in [-0.4, -0.2) is 48.5 Å². The smallest absolute Gasteiger partial charge is 0.279 e. The van der Waals surface area contributed by atoms with Crippen molar-refractivity contribution in [1.29, 1.82) is 0 Å². The number of morpholine rings is 1. The summed E-state index contributed by atoms with van der Waals surface area (Å²) in [5, 5.41) is 0.619. The van der Waals surface area contributed by atoms with Gasteiger partial charge in [0.2, 0.25) is 10.0 Å². The number of carbonyl (C=O) groups is 1. The van der Waals surface area contributed by atoms with Crippen LogP contribution >= 0.6 is 22.9 Å². The molecular formula is C21H22ClN3O4S2. The Morgan fingerprint density at radius 2 is 1.77 bits per heavy atom. The molecule has 7 nitrogen and oxygen atoms in total. The van der Waals surface area contributed by atoms with Crippen LogP contribution in [0.2, 0.25) is 5.02 Å². The van der Waals surface area contributed by atoms with Crippen LogP contribution in [0.25, 0.3) is 10.2 Å². The van der Waals surface area contributed by atoms with E-state index in [0.717, 1.165) is 10.2 Å². The summed E-state index contributed by atoms with van der Waals surface area (Å²) in [6.07, 6.45) is -0.342. The van der Waals surface area contributed by atoms with Gasteiger partial charge in [-0.2, -0.15) is 9.30 Å². The Morgan fingerprint density at radius 3 is 2.42 bits per heavy atom. The quantitative estimate of drug-likeness (QED) is 0.576. The van der Waals surface area contributed by atoms with E-state index in [1.807, 2.05) is 37.6 Å². The minimum absolute atomic E-state index is 0.146. The number of fused-ring (bicyclic) bond motifs is 1. The summed E-state index contributed by atoms with van der Waals surface area (Å²) in [7, 11) is -1.83. The van der Waals surface area contributed by atoms with Crippen molar-refractivity contribution in [3.63, 3.8) is 0 Å². The number of sulfonamides is 1. The molecule has 2 atom stereocenters.